The lowest BCUT2D eigenvalue weighted by Gasteiger charge is -2.16. The van der Waals surface area contributed by atoms with Crippen LogP contribution in [0.3, 0.4) is 0 Å². The van der Waals surface area contributed by atoms with Gasteiger partial charge in [-0.3, -0.25) is 4.79 Å². The Bertz CT molecular complexity index is 1730. The summed E-state index contributed by atoms with van der Waals surface area (Å²) < 4.78 is 28.6. The van der Waals surface area contributed by atoms with E-state index in [1.165, 1.54) is 18.6 Å². The fourth-order valence-corrected chi connectivity index (χ4v) is 4.06. The number of aromatic nitrogens is 5. The number of nitrogens with one attached hydrogen (secondary N) is 2. The normalized spacial score (nSPS) is 11.6. The lowest BCUT2D eigenvalue weighted by Crippen LogP contribution is -2.29. The third kappa shape index (κ3) is 5.19. The first-order valence-corrected chi connectivity index (χ1v) is 11.8. The molecule has 2 aromatic carbocycles. The first-order chi connectivity index (χ1) is 18.8. The average Bonchev–Trinajstić information content (AvgIpc) is 3.39. The van der Waals surface area contributed by atoms with Crippen LogP contribution >= 0.6 is 0 Å². The number of nitrogen functional groups attached to an aromatic ring is 1. The highest BCUT2D eigenvalue weighted by atomic mass is 19.2. The maximum absolute atomic E-state index is 13.6. The van der Waals surface area contributed by atoms with Crippen molar-refractivity contribution in [2.24, 2.45) is 0 Å². The molecule has 39 heavy (non-hydrogen) atoms. The third-order valence-electron chi connectivity index (χ3n) is 6.10. The summed E-state index contributed by atoms with van der Waals surface area (Å²) in [5.74, 6) is -2.09. The summed E-state index contributed by atoms with van der Waals surface area (Å²) in [5.41, 5.74) is 9.67. The molecule has 0 aliphatic rings. The van der Waals surface area contributed by atoms with Crippen molar-refractivity contribution in [1.82, 2.24) is 29.9 Å². The Morgan fingerprint density at radius 3 is 2.67 bits per heavy atom. The first-order valence-electron chi connectivity index (χ1n) is 11.8. The highest BCUT2D eigenvalue weighted by Gasteiger charge is 2.20. The summed E-state index contributed by atoms with van der Waals surface area (Å²) in [5, 5.41) is 19.2. The van der Waals surface area contributed by atoms with Crippen molar-refractivity contribution < 1.29 is 13.6 Å². The van der Waals surface area contributed by atoms with Crippen LogP contribution in [-0.2, 0) is 6.54 Å². The Balaban J connectivity index is 1.32. The van der Waals surface area contributed by atoms with E-state index in [1.807, 2.05) is 42.6 Å². The summed E-state index contributed by atoms with van der Waals surface area (Å²) in [6, 6.07) is 14.2. The molecule has 0 saturated carbocycles. The number of nitriles is 1. The van der Waals surface area contributed by atoms with Crippen LogP contribution < -0.4 is 16.4 Å². The van der Waals surface area contributed by atoms with E-state index < -0.39 is 23.6 Å². The Morgan fingerprint density at radius 2 is 1.92 bits per heavy atom. The number of hydrogen-bond donors (Lipinski definition) is 3. The minimum absolute atomic E-state index is 0.0430. The fraction of sp³-hybridized carbons (Fsp3) is 0.111. The van der Waals surface area contributed by atoms with E-state index in [0.717, 1.165) is 28.8 Å². The zero-order valence-electron chi connectivity index (χ0n) is 20.6. The van der Waals surface area contributed by atoms with E-state index in [4.69, 9.17) is 5.73 Å². The summed E-state index contributed by atoms with van der Waals surface area (Å²) >= 11 is 0. The number of amides is 1. The van der Waals surface area contributed by atoms with E-state index in [0.29, 0.717) is 23.4 Å². The van der Waals surface area contributed by atoms with Crippen molar-refractivity contribution in [2.45, 2.75) is 19.5 Å². The third-order valence-corrected chi connectivity index (χ3v) is 6.10. The zero-order chi connectivity index (χ0) is 27.5. The number of nitrogens with two attached hydrogens (primary N) is 1. The molecule has 5 rings (SSSR count). The maximum Gasteiger partial charge on any atom is 0.274 e. The molecule has 3 aromatic heterocycles. The zero-order valence-corrected chi connectivity index (χ0v) is 20.6. The Kier molecular flexibility index (Phi) is 6.79. The second kappa shape index (κ2) is 10.5. The smallest absolute Gasteiger partial charge is 0.274 e. The van der Waals surface area contributed by atoms with E-state index in [9.17, 15) is 18.8 Å². The minimum Gasteiger partial charge on any atom is -0.382 e. The largest absolute Gasteiger partial charge is 0.382 e. The predicted molar refractivity (Wildman–Crippen MR) is 139 cm³/mol. The summed E-state index contributed by atoms with van der Waals surface area (Å²) in [6.45, 7) is 1.93. The summed E-state index contributed by atoms with van der Waals surface area (Å²) in [6.07, 6.45) is 4.46. The number of carbonyl (C=O) groups is 1. The van der Waals surface area contributed by atoms with Gasteiger partial charge in [0.05, 0.1) is 12.2 Å². The summed E-state index contributed by atoms with van der Waals surface area (Å²) in [7, 11) is 0. The van der Waals surface area contributed by atoms with Crippen LogP contribution in [0.25, 0.3) is 16.6 Å². The van der Waals surface area contributed by atoms with Crippen LogP contribution in [-0.4, -0.2) is 30.5 Å². The second-order valence-corrected chi connectivity index (χ2v) is 8.65. The quantitative estimate of drug-likeness (QED) is 0.289. The minimum atomic E-state index is -1.02. The van der Waals surface area contributed by atoms with Crippen LogP contribution in [0.15, 0.2) is 67.3 Å². The molecule has 5 aromatic rings. The van der Waals surface area contributed by atoms with E-state index in [2.05, 4.69) is 30.7 Å². The van der Waals surface area contributed by atoms with Gasteiger partial charge in [-0.05, 0) is 41.8 Å². The van der Waals surface area contributed by atoms with Gasteiger partial charge in [-0.2, -0.15) is 10.4 Å². The molecule has 0 aliphatic heterocycles. The Hall–Kier alpha value is -5.44. The fourth-order valence-electron chi connectivity index (χ4n) is 4.06. The molecule has 1 amide bonds. The maximum atomic E-state index is 13.6. The van der Waals surface area contributed by atoms with Crippen LogP contribution in [0.2, 0.25) is 0 Å². The van der Waals surface area contributed by atoms with Gasteiger partial charge < -0.3 is 16.4 Å². The van der Waals surface area contributed by atoms with Gasteiger partial charge in [0.2, 0.25) is 0 Å². The van der Waals surface area contributed by atoms with Gasteiger partial charge in [0.1, 0.15) is 17.9 Å². The molecular formula is C27H21F2N9O. The Morgan fingerprint density at radius 1 is 1.13 bits per heavy atom. The van der Waals surface area contributed by atoms with E-state index >= 15 is 0 Å². The van der Waals surface area contributed by atoms with Crippen LogP contribution in [0.5, 0.6) is 0 Å². The van der Waals surface area contributed by atoms with Gasteiger partial charge in [-0.15, -0.1) is 0 Å². The van der Waals surface area contributed by atoms with E-state index in [-0.39, 0.29) is 17.2 Å². The van der Waals surface area contributed by atoms with Gasteiger partial charge in [-0.25, -0.2) is 28.2 Å². The number of halogens is 2. The monoisotopic (exact) mass is 525 g/mol. The highest BCUT2D eigenvalue weighted by Crippen LogP contribution is 2.28. The molecule has 4 N–H and O–H groups in total. The van der Waals surface area contributed by atoms with Gasteiger partial charge in [0, 0.05) is 18.3 Å². The molecule has 0 spiro atoms. The molecule has 10 nitrogen and oxygen atoms in total. The van der Waals surface area contributed by atoms with Crippen molar-refractivity contribution in [3.8, 4) is 17.2 Å². The molecule has 12 heteroatoms. The number of anilines is 2. The van der Waals surface area contributed by atoms with Gasteiger partial charge in [0.25, 0.3) is 5.91 Å². The molecule has 0 bridgehead atoms. The number of rotatable bonds is 7. The summed E-state index contributed by atoms with van der Waals surface area (Å²) in [4.78, 5) is 25.4. The lowest BCUT2D eigenvalue weighted by atomic mass is 10.1. The highest BCUT2D eigenvalue weighted by molar-refractivity contribution is 5.97. The molecule has 0 aliphatic carbocycles. The number of benzene rings is 2. The van der Waals surface area contributed by atoms with Crippen molar-refractivity contribution in [3.63, 3.8) is 0 Å². The van der Waals surface area contributed by atoms with Crippen molar-refractivity contribution >= 4 is 23.1 Å². The molecule has 194 valence electrons. The van der Waals surface area contributed by atoms with Crippen molar-refractivity contribution in [2.75, 3.05) is 11.1 Å². The number of nitrogens with zero attached hydrogens (tertiary/aromatic N) is 6. The van der Waals surface area contributed by atoms with Crippen LogP contribution in [0.1, 0.15) is 40.3 Å². The molecule has 3 heterocycles. The van der Waals surface area contributed by atoms with Gasteiger partial charge >= 0.3 is 0 Å². The van der Waals surface area contributed by atoms with Crippen molar-refractivity contribution in [3.05, 3.63) is 101 Å². The van der Waals surface area contributed by atoms with Crippen LogP contribution in [0, 0.1) is 23.0 Å². The number of carbonyl (C=O) groups excluding carboxylic acids is 1. The molecule has 0 saturated heterocycles. The topological polar surface area (TPSA) is 147 Å². The first kappa shape index (κ1) is 25.2. The molecular weight excluding hydrogens is 504 g/mol. The lowest BCUT2D eigenvalue weighted by molar-refractivity contribution is 0.0935. The average molecular weight is 526 g/mol. The van der Waals surface area contributed by atoms with Gasteiger partial charge in [-0.1, -0.05) is 30.3 Å². The number of hydrogen-bond acceptors (Lipinski definition) is 8. The van der Waals surface area contributed by atoms with Gasteiger partial charge in [0.15, 0.2) is 34.7 Å². The molecule has 1 atom stereocenters. The van der Waals surface area contributed by atoms with Crippen LogP contribution in [0.4, 0.5) is 20.4 Å². The number of fused-ring (bicyclic) bond motifs is 1. The predicted octanol–water partition coefficient (Wildman–Crippen LogP) is 4.02. The molecule has 1 unspecified atom stereocenters. The SMILES string of the molecule is CC(NC(=O)c1nc(C#N)cnc1NCc1ccc(-c2ccn3ncnc(N)c23)cc1)c1ccc(F)c(F)c1. The second-order valence-electron chi connectivity index (χ2n) is 8.65. The van der Waals surface area contributed by atoms with E-state index in [1.54, 1.807) is 11.4 Å². The Labute approximate surface area is 221 Å². The standard InChI is InChI=1S/C27H21F2N9O/c1-15(18-6-7-21(28)22(29)10-18)36-27(39)23-26(33-13-19(11-30)37-23)32-12-16-2-4-17(5-3-16)20-8-9-38-24(20)25(31)34-14-35-38/h2-10,13-15H,12H2,1H3,(H,32,33)(H,36,39)(H2,31,34,35). The molecule has 0 fully saturated rings. The molecule has 0 radical (unpaired) electrons. The van der Waals surface area contributed by atoms with Crippen molar-refractivity contribution in [1.29, 1.82) is 5.26 Å².